The number of aryl methyl sites for hydroxylation is 1. The normalized spacial score (nSPS) is 18.3. The van der Waals surface area contributed by atoms with Gasteiger partial charge in [-0.2, -0.15) is 0 Å². The molecule has 3 atom stereocenters. The van der Waals surface area contributed by atoms with E-state index in [1.807, 2.05) is 25.1 Å². The fourth-order valence-corrected chi connectivity index (χ4v) is 3.33. The number of rotatable bonds is 7. The number of nitrogens with one attached hydrogen (secondary N) is 1. The third-order valence-electron chi connectivity index (χ3n) is 4.90. The van der Waals surface area contributed by atoms with E-state index >= 15 is 0 Å². The minimum Gasteiger partial charge on any atom is -0.485 e. The number of carbonyl (C=O) groups is 1. The van der Waals surface area contributed by atoms with Crippen molar-refractivity contribution in [3.63, 3.8) is 0 Å². The van der Waals surface area contributed by atoms with Gasteiger partial charge in [-0.3, -0.25) is 4.79 Å². The molecule has 0 aromatic heterocycles. The third kappa shape index (κ3) is 4.73. The number of hydrogen-bond acceptors (Lipinski definition) is 5. The Balaban J connectivity index is 1.65. The highest BCUT2D eigenvalue weighted by molar-refractivity contribution is 5.89. The number of benzene rings is 2. The Kier molecular flexibility index (Phi) is 6.39. The van der Waals surface area contributed by atoms with Gasteiger partial charge in [0.1, 0.15) is 24.0 Å². The summed E-state index contributed by atoms with van der Waals surface area (Å²) in [7, 11) is 0. The maximum Gasteiger partial charge on any atom is 0.191 e. The van der Waals surface area contributed by atoms with Gasteiger partial charge in [-0.05, 0) is 42.2 Å². The Bertz CT molecular complexity index is 839. The number of carbonyl (C=O) groups excluding carboxylic acids is 1. The maximum atomic E-state index is 13.3. The minimum atomic E-state index is -1.00. The van der Waals surface area contributed by atoms with Gasteiger partial charge in [0.05, 0.1) is 12.1 Å². The Labute approximate surface area is 162 Å². The van der Waals surface area contributed by atoms with E-state index in [1.54, 1.807) is 0 Å². The van der Waals surface area contributed by atoms with E-state index in [0.29, 0.717) is 11.3 Å². The van der Waals surface area contributed by atoms with Crippen molar-refractivity contribution in [1.82, 2.24) is 5.32 Å². The zero-order chi connectivity index (χ0) is 20.3. The van der Waals surface area contributed by atoms with E-state index in [-0.39, 0.29) is 25.4 Å². The van der Waals surface area contributed by atoms with Crippen molar-refractivity contribution in [3.8, 4) is 5.75 Å². The maximum absolute atomic E-state index is 13.3. The van der Waals surface area contributed by atoms with Gasteiger partial charge in [-0.25, -0.2) is 8.78 Å². The summed E-state index contributed by atoms with van der Waals surface area (Å²) in [6.45, 7) is 2.04. The van der Waals surface area contributed by atoms with Crippen LogP contribution in [0.2, 0.25) is 0 Å². The fourth-order valence-electron chi connectivity index (χ4n) is 3.33. The smallest absolute Gasteiger partial charge is 0.191 e. The summed E-state index contributed by atoms with van der Waals surface area (Å²) in [4.78, 5) is 12.3. The van der Waals surface area contributed by atoms with Crippen molar-refractivity contribution in [1.29, 1.82) is 0 Å². The molecule has 150 valence electrons. The molecule has 1 aliphatic rings. The average molecular weight is 390 g/mol. The molecule has 4 N–H and O–H groups in total. The number of aliphatic hydroxyl groups excluding tert-OH is 1. The van der Waals surface area contributed by atoms with Crippen LogP contribution in [-0.4, -0.2) is 36.2 Å². The lowest BCUT2D eigenvalue weighted by atomic mass is 9.95. The van der Waals surface area contributed by atoms with E-state index in [4.69, 9.17) is 10.5 Å². The molecule has 0 radical (unpaired) electrons. The molecule has 2 aromatic carbocycles. The number of fused-ring (bicyclic) bond motifs is 1. The summed E-state index contributed by atoms with van der Waals surface area (Å²) < 4.78 is 32.1. The van der Waals surface area contributed by atoms with E-state index in [1.165, 1.54) is 12.1 Å². The largest absolute Gasteiger partial charge is 0.485 e. The van der Waals surface area contributed by atoms with Crippen LogP contribution in [0, 0.1) is 11.6 Å². The van der Waals surface area contributed by atoms with Crippen molar-refractivity contribution >= 4 is 5.78 Å². The van der Waals surface area contributed by atoms with Gasteiger partial charge >= 0.3 is 0 Å². The van der Waals surface area contributed by atoms with Gasteiger partial charge in [0, 0.05) is 24.2 Å². The Hall–Kier alpha value is -2.35. The second-order valence-electron chi connectivity index (χ2n) is 7.04. The van der Waals surface area contributed by atoms with Crippen molar-refractivity contribution in [2.75, 3.05) is 13.2 Å². The Morgan fingerprint density at radius 1 is 1.21 bits per heavy atom. The third-order valence-corrected chi connectivity index (χ3v) is 4.90. The SMILES string of the molecule is CCc1ccc2c(c1)C(NCC(O)C(N)Cc1cc(F)cc(F)c1)C(=O)CO2. The summed E-state index contributed by atoms with van der Waals surface area (Å²) in [6, 6.07) is 7.54. The van der Waals surface area contributed by atoms with Crippen LogP contribution in [0.25, 0.3) is 0 Å². The zero-order valence-electron chi connectivity index (χ0n) is 15.6. The van der Waals surface area contributed by atoms with Crippen LogP contribution < -0.4 is 15.8 Å². The summed E-state index contributed by atoms with van der Waals surface area (Å²) >= 11 is 0. The molecule has 0 saturated carbocycles. The van der Waals surface area contributed by atoms with E-state index < -0.39 is 29.8 Å². The number of hydrogen-bond donors (Lipinski definition) is 3. The lowest BCUT2D eigenvalue weighted by Gasteiger charge is -2.28. The summed E-state index contributed by atoms with van der Waals surface area (Å²) in [6.07, 6.45) is -0.0680. The van der Waals surface area contributed by atoms with Gasteiger partial charge in [0.25, 0.3) is 0 Å². The first-order valence-electron chi connectivity index (χ1n) is 9.27. The number of Topliss-reactive ketones (excluding diaryl/α,β-unsaturated/α-hetero) is 1. The van der Waals surface area contributed by atoms with Gasteiger partial charge in [-0.1, -0.05) is 19.1 Å². The van der Waals surface area contributed by atoms with Gasteiger partial charge < -0.3 is 20.9 Å². The van der Waals surface area contributed by atoms with Crippen molar-refractivity contribution < 1.29 is 23.4 Å². The molecule has 28 heavy (non-hydrogen) atoms. The molecule has 0 aliphatic carbocycles. The monoisotopic (exact) mass is 390 g/mol. The highest BCUT2D eigenvalue weighted by Crippen LogP contribution is 2.31. The zero-order valence-corrected chi connectivity index (χ0v) is 15.6. The molecule has 0 amide bonds. The van der Waals surface area contributed by atoms with E-state index in [0.717, 1.165) is 23.6 Å². The molecule has 0 saturated heterocycles. The lowest BCUT2D eigenvalue weighted by molar-refractivity contribution is -0.124. The molecule has 5 nitrogen and oxygen atoms in total. The Morgan fingerprint density at radius 3 is 2.61 bits per heavy atom. The van der Waals surface area contributed by atoms with Crippen LogP contribution in [0.5, 0.6) is 5.75 Å². The number of ether oxygens (including phenoxy) is 1. The van der Waals surface area contributed by atoms with Crippen molar-refractivity contribution in [2.45, 2.75) is 38.0 Å². The molecule has 3 unspecified atom stereocenters. The second kappa shape index (κ2) is 8.77. The highest BCUT2D eigenvalue weighted by Gasteiger charge is 2.30. The standard InChI is InChI=1S/C21H24F2N2O3/c1-2-12-3-4-20-16(7-12)21(19(27)11-28-20)25-10-18(26)17(24)8-13-5-14(22)9-15(23)6-13/h3-7,9,17-18,21,25-26H,2,8,10-11,24H2,1H3. The highest BCUT2D eigenvalue weighted by atomic mass is 19.1. The number of aliphatic hydroxyl groups is 1. The fraction of sp³-hybridized carbons (Fsp3) is 0.381. The lowest BCUT2D eigenvalue weighted by Crippen LogP contribution is -2.46. The first-order valence-corrected chi connectivity index (χ1v) is 9.27. The predicted octanol–water partition coefficient (Wildman–Crippen LogP) is 2.05. The average Bonchev–Trinajstić information content (AvgIpc) is 2.65. The predicted molar refractivity (Wildman–Crippen MR) is 101 cm³/mol. The topological polar surface area (TPSA) is 84.6 Å². The second-order valence-corrected chi connectivity index (χ2v) is 7.04. The summed E-state index contributed by atoms with van der Waals surface area (Å²) in [5.74, 6) is -0.867. The molecule has 1 aliphatic heterocycles. The van der Waals surface area contributed by atoms with Gasteiger partial charge in [-0.15, -0.1) is 0 Å². The van der Waals surface area contributed by atoms with Crippen LogP contribution in [-0.2, 0) is 17.6 Å². The molecule has 3 rings (SSSR count). The van der Waals surface area contributed by atoms with Crippen molar-refractivity contribution in [3.05, 3.63) is 64.7 Å². The van der Waals surface area contributed by atoms with Crippen LogP contribution in [0.15, 0.2) is 36.4 Å². The molecular weight excluding hydrogens is 366 g/mol. The van der Waals surface area contributed by atoms with E-state index in [2.05, 4.69) is 5.32 Å². The summed E-state index contributed by atoms with van der Waals surface area (Å²) in [5.41, 5.74) is 8.18. The van der Waals surface area contributed by atoms with E-state index in [9.17, 15) is 18.7 Å². The molecule has 0 spiro atoms. The molecule has 2 aromatic rings. The van der Waals surface area contributed by atoms with Gasteiger partial charge in [0.2, 0.25) is 0 Å². The molecule has 1 heterocycles. The molecule has 0 fully saturated rings. The minimum absolute atomic E-state index is 0.0408. The van der Waals surface area contributed by atoms with Crippen LogP contribution in [0.4, 0.5) is 8.78 Å². The molecular formula is C21H24F2N2O3. The van der Waals surface area contributed by atoms with Crippen LogP contribution in [0.3, 0.4) is 0 Å². The first-order chi connectivity index (χ1) is 13.4. The summed E-state index contributed by atoms with van der Waals surface area (Å²) in [5, 5.41) is 13.4. The molecule has 7 heteroatoms. The number of nitrogens with two attached hydrogens (primary N) is 1. The van der Waals surface area contributed by atoms with Crippen molar-refractivity contribution in [2.24, 2.45) is 5.73 Å². The van der Waals surface area contributed by atoms with Gasteiger partial charge in [0.15, 0.2) is 5.78 Å². The Morgan fingerprint density at radius 2 is 1.93 bits per heavy atom. The number of ketones is 1. The molecule has 0 bridgehead atoms. The van der Waals surface area contributed by atoms with Crippen LogP contribution >= 0.6 is 0 Å². The first kappa shape index (κ1) is 20.4. The number of halogens is 2. The van der Waals surface area contributed by atoms with Crippen LogP contribution in [0.1, 0.15) is 29.7 Å². The quantitative estimate of drug-likeness (QED) is 0.674.